The lowest BCUT2D eigenvalue weighted by Crippen LogP contribution is -2.44. The Kier molecular flexibility index (Phi) is 10.1. The van der Waals surface area contributed by atoms with Gasteiger partial charge < -0.3 is 20.4 Å². The number of piperazine rings is 1. The first-order chi connectivity index (χ1) is 12.4. The van der Waals surface area contributed by atoms with Crippen molar-refractivity contribution in [3.05, 3.63) is 23.9 Å². The molecule has 0 amide bonds. The molecule has 154 valence electrons. The fourth-order valence-corrected chi connectivity index (χ4v) is 2.60. The molecule has 2 heterocycles. The Labute approximate surface area is 175 Å². The molecule has 2 rings (SSSR count). The van der Waals surface area contributed by atoms with Gasteiger partial charge in [-0.25, -0.2) is 9.98 Å². The SMILES string of the molecule is CCNC(=NCc1ccnc(N2CCN(C)CC2)c1)NCCC(F)(F)F.I. The van der Waals surface area contributed by atoms with Crippen molar-refractivity contribution in [1.29, 1.82) is 0 Å². The number of aromatic nitrogens is 1. The average molecular weight is 500 g/mol. The van der Waals surface area contributed by atoms with E-state index in [1.54, 1.807) is 6.20 Å². The van der Waals surface area contributed by atoms with Gasteiger partial charge in [-0.15, -0.1) is 24.0 Å². The summed E-state index contributed by atoms with van der Waals surface area (Å²) in [5.41, 5.74) is 0.974. The van der Waals surface area contributed by atoms with Crippen LogP contribution in [-0.2, 0) is 6.54 Å². The van der Waals surface area contributed by atoms with E-state index in [9.17, 15) is 13.2 Å². The lowest BCUT2D eigenvalue weighted by Gasteiger charge is -2.33. The van der Waals surface area contributed by atoms with Gasteiger partial charge in [0.1, 0.15) is 5.82 Å². The summed E-state index contributed by atoms with van der Waals surface area (Å²) in [6, 6.07) is 3.87. The molecule has 2 N–H and O–H groups in total. The summed E-state index contributed by atoms with van der Waals surface area (Å²) >= 11 is 0. The zero-order valence-electron chi connectivity index (χ0n) is 15.7. The quantitative estimate of drug-likeness (QED) is 0.357. The first-order valence-corrected chi connectivity index (χ1v) is 8.84. The molecule has 0 aliphatic carbocycles. The number of nitrogens with one attached hydrogen (secondary N) is 2. The molecular formula is C17H28F3IN6. The van der Waals surface area contributed by atoms with Gasteiger partial charge in [-0.3, -0.25) is 0 Å². The van der Waals surface area contributed by atoms with Crippen molar-refractivity contribution in [2.24, 2.45) is 4.99 Å². The van der Waals surface area contributed by atoms with E-state index in [1.165, 1.54) is 0 Å². The third kappa shape index (κ3) is 8.96. The van der Waals surface area contributed by atoms with Crippen LogP contribution in [0.1, 0.15) is 18.9 Å². The fraction of sp³-hybridized carbons (Fsp3) is 0.647. The van der Waals surface area contributed by atoms with Crippen molar-refractivity contribution >= 4 is 35.8 Å². The van der Waals surface area contributed by atoms with E-state index in [0.717, 1.165) is 37.6 Å². The van der Waals surface area contributed by atoms with Crippen LogP contribution in [0, 0.1) is 0 Å². The van der Waals surface area contributed by atoms with Gasteiger partial charge in [0.2, 0.25) is 0 Å². The highest BCUT2D eigenvalue weighted by atomic mass is 127. The minimum Gasteiger partial charge on any atom is -0.357 e. The van der Waals surface area contributed by atoms with E-state index in [1.807, 2.05) is 19.1 Å². The van der Waals surface area contributed by atoms with E-state index in [4.69, 9.17) is 0 Å². The first kappa shape index (κ1) is 23.7. The lowest BCUT2D eigenvalue weighted by molar-refractivity contribution is -0.132. The number of alkyl halides is 3. The van der Waals surface area contributed by atoms with E-state index in [-0.39, 0.29) is 30.5 Å². The first-order valence-electron chi connectivity index (χ1n) is 8.84. The Morgan fingerprint density at radius 1 is 1.22 bits per heavy atom. The summed E-state index contributed by atoms with van der Waals surface area (Å²) in [6.07, 6.45) is -3.31. The van der Waals surface area contributed by atoms with Crippen LogP contribution in [-0.4, -0.2) is 68.3 Å². The zero-order valence-corrected chi connectivity index (χ0v) is 18.1. The van der Waals surface area contributed by atoms with E-state index in [2.05, 4.69) is 37.5 Å². The highest BCUT2D eigenvalue weighted by Gasteiger charge is 2.26. The van der Waals surface area contributed by atoms with Crippen molar-refractivity contribution in [2.45, 2.75) is 26.1 Å². The molecule has 1 aliphatic rings. The molecular weight excluding hydrogens is 472 g/mol. The second-order valence-electron chi connectivity index (χ2n) is 6.30. The minimum atomic E-state index is -4.17. The third-order valence-corrected chi connectivity index (χ3v) is 4.10. The van der Waals surface area contributed by atoms with Crippen LogP contribution >= 0.6 is 24.0 Å². The van der Waals surface area contributed by atoms with Gasteiger partial charge >= 0.3 is 6.18 Å². The number of nitrogens with zero attached hydrogens (tertiary/aromatic N) is 4. The maximum Gasteiger partial charge on any atom is 0.390 e. The summed E-state index contributed by atoms with van der Waals surface area (Å²) in [5, 5.41) is 5.68. The van der Waals surface area contributed by atoms with Crippen LogP contribution < -0.4 is 15.5 Å². The molecule has 10 heteroatoms. The van der Waals surface area contributed by atoms with Crippen molar-refractivity contribution in [3.63, 3.8) is 0 Å². The maximum atomic E-state index is 12.3. The number of guanidine groups is 1. The summed E-state index contributed by atoms with van der Waals surface area (Å²) in [7, 11) is 2.10. The van der Waals surface area contributed by atoms with Gasteiger partial charge in [0.25, 0.3) is 0 Å². The number of aliphatic imine (C=N–C) groups is 1. The van der Waals surface area contributed by atoms with Gasteiger partial charge in [-0.2, -0.15) is 13.2 Å². The second kappa shape index (κ2) is 11.5. The molecule has 6 nitrogen and oxygen atoms in total. The summed E-state index contributed by atoms with van der Waals surface area (Å²) in [5.74, 6) is 1.30. The number of rotatable bonds is 6. The molecule has 0 aromatic carbocycles. The molecule has 1 aromatic heterocycles. The average Bonchev–Trinajstić information content (AvgIpc) is 2.59. The topological polar surface area (TPSA) is 55.8 Å². The highest BCUT2D eigenvalue weighted by Crippen LogP contribution is 2.18. The summed E-state index contributed by atoms with van der Waals surface area (Å²) in [6.45, 7) is 6.49. The number of anilines is 1. The van der Waals surface area contributed by atoms with Crippen molar-refractivity contribution in [1.82, 2.24) is 20.5 Å². The number of hydrogen-bond donors (Lipinski definition) is 2. The predicted octanol–water partition coefficient (Wildman–Crippen LogP) is 2.46. The monoisotopic (exact) mass is 500 g/mol. The van der Waals surface area contributed by atoms with E-state index >= 15 is 0 Å². The van der Waals surface area contributed by atoms with Gasteiger partial charge in [0, 0.05) is 45.5 Å². The molecule has 0 bridgehead atoms. The van der Waals surface area contributed by atoms with Crippen molar-refractivity contribution in [3.8, 4) is 0 Å². The van der Waals surface area contributed by atoms with Crippen LogP contribution in [0.5, 0.6) is 0 Å². The normalized spacial score (nSPS) is 16.0. The molecule has 0 unspecified atom stereocenters. The van der Waals surface area contributed by atoms with Crippen LogP contribution in [0.3, 0.4) is 0 Å². The number of hydrogen-bond acceptors (Lipinski definition) is 4. The third-order valence-electron chi connectivity index (χ3n) is 4.10. The molecule has 0 saturated carbocycles. The minimum absolute atomic E-state index is 0. The van der Waals surface area contributed by atoms with Crippen LogP contribution in [0.15, 0.2) is 23.3 Å². The molecule has 1 aromatic rings. The molecule has 1 fully saturated rings. The number of likely N-dealkylation sites (N-methyl/N-ethyl adjacent to an activating group) is 1. The molecule has 0 atom stereocenters. The fourth-order valence-electron chi connectivity index (χ4n) is 2.60. The Morgan fingerprint density at radius 2 is 1.93 bits per heavy atom. The predicted molar refractivity (Wildman–Crippen MR) is 113 cm³/mol. The van der Waals surface area contributed by atoms with Gasteiger partial charge in [0.15, 0.2) is 5.96 Å². The molecule has 0 radical (unpaired) electrons. The lowest BCUT2D eigenvalue weighted by atomic mass is 10.2. The maximum absolute atomic E-state index is 12.3. The Balaban J connectivity index is 0.00000364. The Hall–Kier alpha value is -1.30. The van der Waals surface area contributed by atoms with Gasteiger partial charge in [0.05, 0.1) is 13.0 Å². The van der Waals surface area contributed by atoms with Crippen molar-refractivity contribution < 1.29 is 13.2 Å². The van der Waals surface area contributed by atoms with Crippen molar-refractivity contribution in [2.75, 3.05) is 51.2 Å². The highest BCUT2D eigenvalue weighted by molar-refractivity contribution is 14.0. The standard InChI is InChI=1S/C17H27F3N6.HI/c1-3-21-16(23-7-5-17(18,19)20)24-13-14-4-6-22-15(12-14)26-10-8-25(2)9-11-26;/h4,6,12H,3,5,7-11,13H2,1-2H3,(H2,21,23,24);1H. The van der Waals surface area contributed by atoms with E-state index in [0.29, 0.717) is 19.0 Å². The van der Waals surface area contributed by atoms with Crippen LogP contribution in [0.2, 0.25) is 0 Å². The molecule has 1 aliphatic heterocycles. The zero-order chi connectivity index (χ0) is 19.0. The smallest absolute Gasteiger partial charge is 0.357 e. The largest absolute Gasteiger partial charge is 0.390 e. The number of halogens is 4. The molecule has 1 saturated heterocycles. The Bertz CT molecular complexity index is 588. The van der Waals surface area contributed by atoms with Crippen LogP contribution in [0.4, 0.5) is 19.0 Å². The molecule has 0 spiro atoms. The Morgan fingerprint density at radius 3 is 2.56 bits per heavy atom. The van der Waals surface area contributed by atoms with Crippen LogP contribution in [0.25, 0.3) is 0 Å². The second-order valence-corrected chi connectivity index (χ2v) is 6.30. The molecule has 27 heavy (non-hydrogen) atoms. The van der Waals surface area contributed by atoms with E-state index < -0.39 is 12.6 Å². The van der Waals surface area contributed by atoms with Gasteiger partial charge in [-0.1, -0.05) is 0 Å². The summed E-state index contributed by atoms with van der Waals surface area (Å²) in [4.78, 5) is 13.3. The number of pyridine rings is 1. The van der Waals surface area contributed by atoms with Gasteiger partial charge in [-0.05, 0) is 31.7 Å². The summed E-state index contributed by atoms with van der Waals surface area (Å²) < 4.78 is 36.8.